The average Bonchev–Trinajstić information content (AvgIpc) is 2.30. The van der Waals surface area contributed by atoms with Crippen LogP contribution >= 0.6 is 0 Å². The third-order valence-corrected chi connectivity index (χ3v) is 2.43. The molecule has 1 saturated heterocycles. The first kappa shape index (κ1) is 9.43. The van der Waals surface area contributed by atoms with Gasteiger partial charge in [-0.15, -0.1) is 0 Å². The number of anilines is 1. The summed E-state index contributed by atoms with van der Waals surface area (Å²) < 4.78 is 5.31. The minimum atomic E-state index is 0.0751. The van der Waals surface area contributed by atoms with Crippen LogP contribution in [-0.2, 0) is 4.74 Å². The first-order valence-electron chi connectivity index (χ1n) is 4.77. The molecule has 4 nitrogen and oxygen atoms in total. The number of hydrogen-bond acceptors (Lipinski definition) is 4. The van der Waals surface area contributed by atoms with Gasteiger partial charge in [-0.1, -0.05) is 0 Å². The second kappa shape index (κ2) is 4.39. The second-order valence-electron chi connectivity index (χ2n) is 3.31. The van der Waals surface area contributed by atoms with Gasteiger partial charge in [-0.3, -0.25) is 4.98 Å². The molecule has 0 radical (unpaired) electrons. The van der Waals surface area contributed by atoms with Gasteiger partial charge in [-0.25, -0.2) is 0 Å². The molecule has 2 rings (SSSR count). The molecule has 1 aliphatic heterocycles. The fraction of sp³-hybridized carbons (Fsp3) is 0.500. The van der Waals surface area contributed by atoms with Crippen LogP contribution in [0, 0.1) is 0 Å². The van der Waals surface area contributed by atoms with E-state index in [1.54, 1.807) is 12.4 Å². The summed E-state index contributed by atoms with van der Waals surface area (Å²) in [7, 11) is 0. The lowest BCUT2D eigenvalue weighted by Crippen LogP contribution is -2.47. The first-order chi connectivity index (χ1) is 6.92. The molecule has 1 aromatic rings. The van der Waals surface area contributed by atoms with E-state index in [2.05, 4.69) is 9.88 Å². The van der Waals surface area contributed by atoms with Crippen LogP contribution in [0.5, 0.6) is 0 Å². The Labute approximate surface area is 83.1 Å². The summed E-state index contributed by atoms with van der Waals surface area (Å²) in [6, 6.07) is 3.98. The molecule has 0 saturated carbocycles. The van der Waals surface area contributed by atoms with Crippen LogP contribution < -0.4 is 4.90 Å². The highest BCUT2D eigenvalue weighted by molar-refractivity contribution is 5.46. The lowest BCUT2D eigenvalue weighted by molar-refractivity contribution is 0.0727. The van der Waals surface area contributed by atoms with Crippen molar-refractivity contribution >= 4 is 5.69 Å². The molecule has 1 aromatic heterocycles. The third-order valence-electron chi connectivity index (χ3n) is 2.43. The third kappa shape index (κ3) is 1.86. The summed E-state index contributed by atoms with van der Waals surface area (Å²) in [4.78, 5) is 6.13. The van der Waals surface area contributed by atoms with Crippen molar-refractivity contribution in [1.82, 2.24) is 4.98 Å². The highest BCUT2D eigenvalue weighted by atomic mass is 16.5. The van der Waals surface area contributed by atoms with Crippen LogP contribution in [0.15, 0.2) is 24.5 Å². The van der Waals surface area contributed by atoms with Crippen molar-refractivity contribution in [2.24, 2.45) is 0 Å². The van der Waals surface area contributed by atoms with Crippen molar-refractivity contribution in [3.05, 3.63) is 24.5 Å². The highest BCUT2D eigenvalue weighted by Gasteiger charge is 2.21. The van der Waals surface area contributed by atoms with Crippen LogP contribution in [0.3, 0.4) is 0 Å². The van der Waals surface area contributed by atoms with Gasteiger partial charge in [0, 0.05) is 24.6 Å². The molecular weight excluding hydrogens is 180 g/mol. The zero-order valence-electron chi connectivity index (χ0n) is 7.97. The van der Waals surface area contributed by atoms with Gasteiger partial charge in [-0.2, -0.15) is 0 Å². The summed E-state index contributed by atoms with van der Waals surface area (Å²) >= 11 is 0. The van der Waals surface area contributed by atoms with Gasteiger partial charge >= 0.3 is 0 Å². The smallest absolute Gasteiger partial charge is 0.0755 e. The number of rotatable bonds is 2. The molecule has 14 heavy (non-hydrogen) atoms. The highest BCUT2D eigenvalue weighted by Crippen LogP contribution is 2.17. The largest absolute Gasteiger partial charge is 0.394 e. The SMILES string of the molecule is OCC1COCCN1c1ccncc1. The molecule has 76 valence electrons. The Balaban J connectivity index is 2.15. The van der Waals surface area contributed by atoms with Crippen LogP contribution in [-0.4, -0.2) is 42.5 Å². The Kier molecular flexibility index (Phi) is 2.96. The summed E-state index contributed by atoms with van der Waals surface area (Å²) in [5.74, 6) is 0. The predicted octanol–water partition coefficient (Wildman–Crippen LogP) is 0.279. The van der Waals surface area contributed by atoms with Crippen LogP contribution in [0.1, 0.15) is 0 Å². The van der Waals surface area contributed by atoms with E-state index in [0.29, 0.717) is 6.61 Å². The molecule has 1 aliphatic rings. The lowest BCUT2D eigenvalue weighted by Gasteiger charge is -2.36. The topological polar surface area (TPSA) is 45.6 Å². The number of hydrogen-bond donors (Lipinski definition) is 1. The monoisotopic (exact) mass is 194 g/mol. The zero-order valence-corrected chi connectivity index (χ0v) is 7.97. The molecule has 0 bridgehead atoms. The van der Waals surface area contributed by atoms with E-state index < -0.39 is 0 Å². The molecule has 0 aromatic carbocycles. The van der Waals surface area contributed by atoms with Crippen LogP contribution in [0.4, 0.5) is 5.69 Å². The van der Waals surface area contributed by atoms with Crippen molar-refractivity contribution in [1.29, 1.82) is 0 Å². The first-order valence-corrected chi connectivity index (χ1v) is 4.77. The maximum atomic E-state index is 9.19. The molecule has 1 atom stereocenters. The maximum Gasteiger partial charge on any atom is 0.0755 e. The van der Waals surface area contributed by atoms with Crippen molar-refractivity contribution in [2.75, 3.05) is 31.3 Å². The van der Waals surface area contributed by atoms with E-state index in [4.69, 9.17) is 4.74 Å². The van der Waals surface area contributed by atoms with Gasteiger partial charge in [0.05, 0.1) is 25.9 Å². The Morgan fingerprint density at radius 3 is 3.00 bits per heavy atom. The van der Waals surface area contributed by atoms with E-state index in [-0.39, 0.29) is 12.6 Å². The molecule has 0 spiro atoms. The molecule has 1 unspecified atom stereocenters. The Morgan fingerprint density at radius 1 is 1.50 bits per heavy atom. The summed E-state index contributed by atoms with van der Waals surface area (Å²) in [5.41, 5.74) is 1.10. The van der Waals surface area contributed by atoms with Crippen molar-refractivity contribution in [3.63, 3.8) is 0 Å². The number of morpholine rings is 1. The molecule has 1 N–H and O–H groups in total. The molecule has 0 amide bonds. The van der Waals surface area contributed by atoms with Gasteiger partial charge in [0.25, 0.3) is 0 Å². The maximum absolute atomic E-state index is 9.19. The molecule has 2 heterocycles. The van der Waals surface area contributed by atoms with Gasteiger partial charge in [0.15, 0.2) is 0 Å². The van der Waals surface area contributed by atoms with Gasteiger partial charge < -0.3 is 14.7 Å². The lowest BCUT2D eigenvalue weighted by atomic mass is 10.2. The number of aliphatic hydroxyl groups is 1. The Bertz CT molecular complexity index is 279. The molecule has 0 aliphatic carbocycles. The summed E-state index contributed by atoms with van der Waals surface area (Å²) in [6.07, 6.45) is 3.53. The Hall–Kier alpha value is -1.13. The van der Waals surface area contributed by atoms with E-state index in [9.17, 15) is 5.11 Å². The van der Waals surface area contributed by atoms with E-state index >= 15 is 0 Å². The number of aliphatic hydroxyl groups excluding tert-OH is 1. The minimum Gasteiger partial charge on any atom is -0.394 e. The van der Waals surface area contributed by atoms with Crippen LogP contribution in [0.25, 0.3) is 0 Å². The molecule has 4 heteroatoms. The normalized spacial score (nSPS) is 22.4. The van der Waals surface area contributed by atoms with Crippen molar-refractivity contribution in [3.8, 4) is 0 Å². The van der Waals surface area contributed by atoms with Crippen molar-refractivity contribution < 1.29 is 9.84 Å². The van der Waals surface area contributed by atoms with Gasteiger partial charge in [0.2, 0.25) is 0 Å². The standard InChI is InChI=1S/C10H14N2O2/c13-7-10-8-14-6-5-12(10)9-1-3-11-4-2-9/h1-4,10,13H,5-8H2. The minimum absolute atomic E-state index is 0.0751. The number of nitrogens with zero attached hydrogens (tertiary/aromatic N) is 2. The number of aromatic nitrogens is 1. The zero-order chi connectivity index (χ0) is 9.80. The van der Waals surface area contributed by atoms with E-state index in [0.717, 1.165) is 18.8 Å². The quantitative estimate of drug-likeness (QED) is 0.734. The van der Waals surface area contributed by atoms with Crippen LogP contribution in [0.2, 0.25) is 0 Å². The second-order valence-corrected chi connectivity index (χ2v) is 3.31. The fourth-order valence-corrected chi connectivity index (χ4v) is 1.68. The number of ether oxygens (including phenoxy) is 1. The fourth-order valence-electron chi connectivity index (χ4n) is 1.68. The molecule has 1 fully saturated rings. The summed E-state index contributed by atoms with van der Waals surface area (Å²) in [6.45, 7) is 2.27. The van der Waals surface area contributed by atoms with Gasteiger partial charge in [-0.05, 0) is 12.1 Å². The predicted molar refractivity (Wildman–Crippen MR) is 53.3 cm³/mol. The van der Waals surface area contributed by atoms with E-state index in [1.165, 1.54) is 0 Å². The van der Waals surface area contributed by atoms with E-state index in [1.807, 2.05) is 12.1 Å². The average molecular weight is 194 g/mol. The van der Waals surface area contributed by atoms with Gasteiger partial charge in [0.1, 0.15) is 0 Å². The summed E-state index contributed by atoms with van der Waals surface area (Å²) in [5, 5.41) is 9.19. The van der Waals surface area contributed by atoms with Crippen molar-refractivity contribution in [2.45, 2.75) is 6.04 Å². The Morgan fingerprint density at radius 2 is 2.29 bits per heavy atom. The molecular formula is C10H14N2O2. The number of pyridine rings is 1.